The van der Waals surface area contributed by atoms with Crippen LogP contribution in [0, 0.1) is 0 Å². The summed E-state index contributed by atoms with van der Waals surface area (Å²) in [6.45, 7) is 1.92. The van der Waals surface area contributed by atoms with E-state index in [9.17, 15) is 9.59 Å². The van der Waals surface area contributed by atoms with Crippen molar-refractivity contribution in [2.75, 3.05) is 0 Å². The Morgan fingerprint density at radius 3 is 2.61 bits per heavy atom. The Labute approximate surface area is 114 Å². The largest absolute Gasteiger partial charge is 0.481 e. The quantitative estimate of drug-likeness (QED) is 0.754. The maximum absolute atomic E-state index is 11.8. The molecular weight excluding hydrogens is 279 g/mol. The van der Waals surface area contributed by atoms with Gasteiger partial charge in [0.15, 0.2) is 0 Å². The lowest BCUT2D eigenvalue weighted by Gasteiger charge is -2.15. The second-order valence-electron chi connectivity index (χ2n) is 3.90. The second-order valence-corrected chi connectivity index (χ2v) is 4.69. The van der Waals surface area contributed by atoms with Crippen molar-refractivity contribution in [3.05, 3.63) is 21.9 Å². The number of H-pyrrole nitrogens is 1. The number of hydrogen-bond acceptors (Lipinski definition) is 2. The van der Waals surface area contributed by atoms with E-state index in [-0.39, 0.29) is 22.3 Å². The number of nitrogens with one attached hydrogen (secondary N) is 2. The van der Waals surface area contributed by atoms with Crippen molar-refractivity contribution in [1.29, 1.82) is 0 Å². The Balaban J connectivity index is 2.68. The van der Waals surface area contributed by atoms with Gasteiger partial charge in [-0.05, 0) is 12.5 Å². The van der Waals surface area contributed by atoms with Crippen LogP contribution in [0.3, 0.4) is 0 Å². The lowest BCUT2D eigenvalue weighted by atomic mass is 10.1. The first-order valence-electron chi connectivity index (χ1n) is 5.50. The molecule has 18 heavy (non-hydrogen) atoms. The summed E-state index contributed by atoms with van der Waals surface area (Å²) in [5, 5.41) is 11.8. The number of carboxylic acids is 1. The molecule has 3 N–H and O–H groups in total. The molecule has 100 valence electrons. The summed E-state index contributed by atoms with van der Waals surface area (Å²) in [6.07, 6.45) is 1.27. The van der Waals surface area contributed by atoms with Crippen LogP contribution in [0.15, 0.2) is 6.07 Å². The minimum absolute atomic E-state index is 0.109. The predicted octanol–water partition coefficient (Wildman–Crippen LogP) is 2.69. The molecule has 0 saturated carbocycles. The van der Waals surface area contributed by atoms with Crippen molar-refractivity contribution in [1.82, 2.24) is 10.3 Å². The van der Waals surface area contributed by atoms with Gasteiger partial charge in [0.1, 0.15) is 10.8 Å². The molecule has 7 heteroatoms. The Hall–Kier alpha value is -1.20. The first-order valence-corrected chi connectivity index (χ1v) is 6.26. The highest BCUT2D eigenvalue weighted by Crippen LogP contribution is 2.21. The normalized spacial score (nSPS) is 12.2. The highest BCUT2D eigenvalue weighted by molar-refractivity contribution is 6.41. The molecule has 0 aliphatic carbocycles. The van der Waals surface area contributed by atoms with Gasteiger partial charge in [0, 0.05) is 6.04 Å². The van der Waals surface area contributed by atoms with Crippen LogP contribution in [-0.4, -0.2) is 28.0 Å². The molecule has 0 aliphatic rings. The molecule has 1 aromatic heterocycles. The van der Waals surface area contributed by atoms with Crippen LogP contribution in [0.4, 0.5) is 0 Å². The highest BCUT2D eigenvalue weighted by atomic mass is 35.5. The predicted molar refractivity (Wildman–Crippen MR) is 69.2 cm³/mol. The molecule has 1 heterocycles. The summed E-state index contributed by atoms with van der Waals surface area (Å²) in [5.41, 5.74) is 0.219. The number of aromatic nitrogens is 1. The van der Waals surface area contributed by atoms with Gasteiger partial charge < -0.3 is 15.4 Å². The van der Waals surface area contributed by atoms with E-state index in [1.54, 1.807) is 0 Å². The molecule has 0 fully saturated rings. The first kappa shape index (κ1) is 14.9. The molecule has 1 atom stereocenters. The SMILES string of the molecule is CCCC(CC(=O)O)NC(=O)c1cc(Cl)c(Cl)[nH]1. The van der Waals surface area contributed by atoms with Gasteiger partial charge in [-0.2, -0.15) is 0 Å². The molecule has 0 aliphatic heterocycles. The molecule has 0 radical (unpaired) electrons. The second kappa shape index (κ2) is 6.66. The van der Waals surface area contributed by atoms with Crippen molar-refractivity contribution >= 4 is 35.1 Å². The molecule has 0 aromatic carbocycles. The number of carboxylic acid groups (broad SMARTS) is 1. The zero-order chi connectivity index (χ0) is 13.7. The van der Waals surface area contributed by atoms with Gasteiger partial charge >= 0.3 is 5.97 Å². The van der Waals surface area contributed by atoms with Crippen molar-refractivity contribution in [3.8, 4) is 0 Å². The van der Waals surface area contributed by atoms with Crippen molar-refractivity contribution in [2.45, 2.75) is 32.2 Å². The molecule has 5 nitrogen and oxygen atoms in total. The summed E-state index contributed by atoms with van der Waals surface area (Å²) in [6, 6.07) is 1.00. The Bertz CT molecular complexity index is 426. The van der Waals surface area contributed by atoms with E-state index >= 15 is 0 Å². The smallest absolute Gasteiger partial charge is 0.305 e. The van der Waals surface area contributed by atoms with Gasteiger partial charge in [-0.1, -0.05) is 36.5 Å². The average Bonchev–Trinajstić information content (AvgIpc) is 2.58. The number of rotatable bonds is 6. The van der Waals surface area contributed by atoms with Crippen LogP contribution in [0.2, 0.25) is 10.2 Å². The lowest BCUT2D eigenvalue weighted by molar-refractivity contribution is -0.137. The number of amides is 1. The monoisotopic (exact) mass is 292 g/mol. The topological polar surface area (TPSA) is 82.2 Å². The van der Waals surface area contributed by atoms with Gasteiger partial charge in [-0.15, -0.1) is 0 Å². The molecule has 1 aromatic rings. The fraction of sp³-hybridized carbons (Fsp3) is 0.455. The minimum atomic E-state index is -0.948. The summed E-state index contributed by atoms with van der Waals surface area (Å²) in [7, 11) is 0. The van der Waals surface area contributed by atoms with E-state index in [1.807, 2.05) is 6.92 Å². The van der Waals surface area contributed by atoms with Gasteiger partial charge in [0.25, 0.3) is 5.91 Å². The molecule has 1 unspecified atom stereocenters. The summed E-state index contributed by atoms with van der Waals surface area (Å²) in [4.78, 5) is 25.1. The number of halogens is 2. The average molecular weight is 293 g/mol. The van der Waals surface area contributed by atoms with Crippen LogP contribution in [0.1, 0.15) is 36.7 Å². The van der Waals surface area contributed by atoms with Crippen LogP contribution in [0.25, 0.3) is 0 Å². The molecular formula is C11H14Cl2N2O3. The third-order valence-electron chi connectivity index (χ3n) is 2.36. The van der Waals surface area contributed by atoms with E-state index in [2.05, 4.69) is 10.3 Å². The zero-order valence-electron chi connectivity index (χ0n) is 9.80. The van der Waals surface area contributed by atoms with Crippen LogP contribution in [0.5, 0.6) is 0 Å². The number of aromatic amines is 1. The Morgan fingerprint density at radius 2 is 2.17 bits per heavy atom. The maximum Gasteiger partial charge on any atom is 0.305 e. The zero-order valence-corrected chi connectivity index (χ0v) is 11.3. The molecule has 0 spiro atoms. The summed E-state index contributed by atoms with van der Waals surface area (Å²) < 4.78 is 0. The maximum atomic E-state index is 11.8. The van der Waals surface area contributed by atoms with Crippen LogP contribution < -0.4 is 5.32 Å². The lowest BCUT2D eigenvalue weighted by Crippen LogP contribution is -2.36. The summed E-state index contributed by atoms with van der Waals surface area (Å²) in [5.74, 6) is -1.36. The highest BCUT2D eigenvalue weighted by Gasteiger charge is 2.18. The third-order valence-corrected chi connectivity index (χ3v) is 3.06. The fourth-order valence-corrected chi connectivity index (χ4v) is 1.89. The van der Waals surface area contributed by atoms with Crippen molar-refractivity contribution in [2.24, 2.45) is 0 Å². The first-order chi connectivity index (χ1) is 8.43. The van der Waals surface area contributed by atoms with E-state index < -0.39 is 17.9 Å². The van der Waals surface area contributed by atoms with E-state index in [1.165, 1.54) is 6.07 Å². The third kappa shape index (κ3) is 4.23. The van der Waals surface area contributed by atoms with Gasteiger partial charge in [-0.3, -0.25) is 9.59 Å². The van der Waals surface area contributed by atoms with Crippen molar-refractivity contribution < 1.29 is 14.7 Å². The Kier molecular flexibility index (Phi) is 5.50. The molecule has 0 saturated heterocycles. The molecule has 1 amide bonds. The van der Waals surface area contributed by atoms with E-state index in [0.717, 1.165) is 6.42 Å². The van der Waals surface area contributed by atoms with Gasteiger partial charge in [0.2, 0.25) is 0 Å². The number of carbonyl (C=O) groups excluding carboxylic acids is 1. The van der Waals surface area contributed by atoms with Gasteiger partial charge in [0.05, 0.1) is 11.4 Å². The van der Waals surface area contributed by atoms with Crippen molar-refractivity contribution in [3.63, 3.8) is 0 Å². The fourth-order valence-electron chi connectivity index (χ4n) is 1.57. The number of carbonyl (C=O) groups is 2. The Morgan fingerprint density at radius 1 is 1.50 bits per heavy atom. The van der Waals surface area contributed by atoms with Gasteiger partial charge in [-0.25, -0.2) is 0 Å². The number of aliphatic carboxylic acids is 1. The van der Waals surface area contributed by atoms with Crippen LogP contribution >= 0.6 is 23.2 Å². The molecule has 0 bridgehead atoms. The van der Waals surface area contributed by atoms with E-state index in [4.69, 9.17) is 28.3 Å². The van der Waals surface area contributed by atoms with Crippen LogP contribution in [-0.2, 0) is 4.79 Å². The summed E-state index contributed by atoms with van der Waals surface area (Å²) >= 11 is 11.4. The number of hydrogen-bond donors (Lipinski definition) is 3. The standard InChI is InChI=1S/C11H14Cl2N2O3/c1-2-3-6(4-9(16)17)14-11(18)8-5-7(12)10(13)15-8/h5-6,15H,2-4H2,1H3,(H,14,18)(H,16,17). The minimum Gasteiger partial charge on any atom is -0.481 e. The van der Waals surface area contributed by atoms with E-state index in [0.29, 0.717) is 6.42 Å². The molecule has 1 rings (SSSR count).